The summed E-state index contributed by atoms with van der Waals surface area (Å²) in [5, 5.41) is -0.511. The normalized spacial score (nSPS) is 21.1. The molecule has 1 aliphatic carbocycles. The molecule has 0 aliphatic heterocycles. The second-order valence-corrected chi connectivity index (χ2v) is 4.40. The molecule has 13 heavy (non-hydrogen) atoms. The molecule has 0 aromatic carbocycles. The van der Waals surface area contributed by atoms with Gasteiger partial charge in [-0.15, -0.1) is 11.6 Å². The number of alkyl halides is 1. The number of hydrogen-bond donors (Lipinski definition) is 0. The van der Waals surface area contributed by atoms with Gasteiger partial charge in [-0.1, -0.05) is 19.3 Å². The Balaban J connectivity index is 2.13. The number of halogens is 1. The van der Waals surface area contributed by atoms with Gasteiger partial charge in [0.05, 0.1) is 6.61 Å². The predicted octanol–water partition coefficient (Wildman–Crippen LogP) is 2.74. The predicted molar refractivity (Wildman–Crippen MR) is 52.8 cm³/mol. The summed E-state index contributed by atoms with van der Waals surface area (Å²) in [6.45, 7) is 2.21. The summed E-state index contributed by atoms with van der Waals surface area (Å²) in [4.78, 5) is 11.0. The highest BCUT2D eigenvalue weighted by Crippen LogP contribution is 2.23. The van der Waals surface area contributed by atoms with Crippen LogP contribution in [-0.4, -0.2) is 18.0 Å². The molecule has 1 saturated carbocycles. The lowest BCUT2D eigenvalue weighted by molar-refractivity contribution is -0.144. The Morgan fingerprint density at radius 2 is 2.08 bits per heavy atom. The zero-order valence-corrected chi connectivity index (χ0v) is 8.85. The Morgan fingerprint density at radius 3 is 2.62 bits per heavy atom. The van der Waals surface area contributed by atoms with E-state index < -0.39 is 5.38 Å². The van der Waals surface area contributed by atoms with Gasteiger partial charge in [0.15, 0.2) is 0 Å². The Bertz CT molecular complexity index is 162. The standard InChI is InChI=1S/C10H17ClO2/c1-8(11)10(12)13-7-9-5-3-2-4-6-9/h8-9H,2-7H2,1H3. The van der Waals surface area contributed by atoms with E-state index in [-0.39, 0.29) is 5.97 Å². The summed E-state index contributed by atoms with van der Waals surface area (Å²) < 4.78 is 5.07. The minimum absolute atomic E-state index is 0.285. The van der Waals surface area contributed by atoms with Crippen LogP contribution in [0.3, 0.4) is 0 Å². The molecule has 1 rings (SSSR count). The number of rotatable bonds is 3. The molecule has 1 aliphatic rings. The molecule has 0 amide bonds. The van der Waals surface area contributed by atoms with E-state index in [2.05, 4.69) is 0 Å². The highest BCUT2D eigenvalue weighted by atomic mass is 35.5. The van der Waals surface area contributed by atoms with Crippen LogP contribution in [0, 0.1) is 5.92 Å². The molecular formula is C10H17ClO2. The van der Waals surface area contributed by atoms with Crippen LogP contribution >= 0.6 is 11.6 Å². The first-order chi connectivity index (χ1) is 6.20. The summed E-state index contributed by atoms with van der Waals surface area (Å²) in [6.07, 6.45) is 6.28. The molecule has 0 saturated heterocycles. The van der Waals surface area contributed by atoms with Crippen LogP contribution in [0.4, 0.5) is 0 Å². The van der Waals surface area contributed by atoms with Gasteiger partial charge >= 0.3 is 5.97 Å². The number of carbonyl (C=O) groups is 1. The molecule has 0 aromatic heterocycles. The minimum Gasteiger partial charge on any atom is -0.464 e. The third kappa shape index (κ3) is 3.99. The van der Waals surface area contributed by atoms with Gasteiger partial charge in [0, 0.05) is 0 Å². The van der Waals surface area contributed by atoms with Crippen molar-refractivity contribution in [2.75, 3.05) is 6.61 Å². The molecule has 0 radical (unpaired) electrons. The van der Waals surface area contributed by atoms with Crippen LogP contribution in [0.5, 0.6) is 0 Å². The highest BCUT2D eigenvalue weighted by molar-refractivity contribution is 6.29. The smallest absolute Gasteiger partial charge is 0.323 e. The third-order valence-electron chi connectivity index (χ3n) is 2.51. The van der Waals surface area contributed by atoms with E-state index in [0.717, 1.165) is 0 Å². The maximum absolute atomic E-state index is 11.0. The molecule has 1 atom stereocenters. The van der Waals surface area contributed by atoms with Crippen molar-refractivity contribution in [3.8, 4) is 0 Å². The monoisotopic (exact) mass is 204 g/mol. The van der Waals surface area contributed by atoms with Crippen molar-refractivity contribution < 1.29 is 9.53 Å². The number of hydrogen-bond acceptors (Lipinski definition) is 2. The molecule has 0 heterocycles. The fourth-order valence-corrected chi connectivity index (χ4v) is 1.73. The number of carbonyl (C=O) groups excluding carboxylic acids is 1. The molecule has 1 unspecified atom stereocenters. The average molecular weight is 205 g/mol. The van der Waals surface area contributed by atoms with Crippen molar-refractivity contribution in [3.05, 3.63) is 0 Å². The Labute approximate surface area is 84.6 Å². The van der Waals surface area contributed by atoms with Crippen molar-refractivity contribution in [2.24, 2.45) is 5.92 Å². The van der Waals surface area contributed by atoms with E-state index in [0.29, 0.717) is 12.5 Å². The molecule has 3 heteroatoms. The largest absolute Gasteiger partial charge is 0.464 e. The Morgan fingerprint density at radius 1 is 1.46 bits per heavy atom. The topological polar surface area (TPSA) is 26.3 Å². The van der Waals surface area contributed by atoms with Crippen molar-refractivity contribution in [2.45, 2.75) is 44.4 Å². The second-order valence-electron chi connectivity index (χ2n) is 3.75. The zero-order chi connectivity index (χ0) is 9.68. The molecule has 0 bridgehead atoms. The first-order valence-electron chi connectivity index (χ1n) is 5.01. The number of esters is 1. The molecule has 0 aromatic rings. The van der Waals surface area contributed by atoms with Crippen LogP contribution in [0.25, 0.3) is 0 Å². The van der Waals surface area contributed by atoms with Crippen LogP contribution in [0.2, 0.25) is 0 Å². The highest BCUT2D eigenvalue weighted by Gasteiger charge is 2.17. The lowest BCUT2D eigenvalue weighted by atomic mass is 9.90. The van der Waals surface area contributed by atoms with Gasteiger partial charge in [-0.05, 0) is 25.7 Å². The maximum Gasteiger partial charge on any atom is 0.323 e. The minimum atomic E-state index is -0.511. The van der Waals surface area contributed by atoms with Crippen molar-refractivity contribution in [3.63, 3.8) is 0 Å². The van der Waals surface area contributed by atoms with Crippen LogP contribution in [-0.2, 0) is 9.53 Å². The van der Waals surface area contributed by atoms with E-state index in [1.807, 2.05) is 0 Å². The van der Waals surface area contributed by atoms with Gasteiger partial charge in [0.25, 0.3) is 0 Å². The summed E-state index contributed by atoms with van der Waals surface area (Å²) in [7, 11) is 0. The first-order valence-corrected chi connectivity index (χ1v) is 5.44. The van der Waals surface area contributed by atoms with E-state index >= 15 is 0 Å². The quantitative estimate of drug-likeness (QED) is 0.522. The van der Waals surface area contributed by atoms with Crippen molar-refractivity contribution >= 4 is 17.6 Å². The average Bonchev–Trinajstić information content (AvgIpc) is 2.15. The Kier molecular flexibility index (Phi) is 4.57. The maximum atomic E-state index is 11.0. The molecule has 0 N–H and O–H groups in total. The molecule has 1 fully saturated rings. The summed E-state index contributed by atoms with van der Waals surface area (Å²) >= 11 is 5.57. The molecular weight excluding hydrogens is 188 g/mol. The lowest BCUT2D eigenvalue weighted by Crippen LogP contribution is -2.20. The SMILES string of the molecule is CC(Cl)C(=O)OCC1CCCCC1. The molecule has 76 valence electrons. The van der Waals surface area contributed by atoms with E-state index in [9.17, 15) is 4.79 Å². The van der Waals surface area contributed by atoms with E-state index in [4.69, 9.17) is 16.3 Å². The second kappa shape index (κ2) is 5.48. The van der Waals surface area contributed by atoms with Gasteiger partial charge in [-0.3, -0.25) is 4.79 Å². The van der Waals surface area contributed by atoms with Gasteiger partial charge in [0.1, 0.15) is 5.38 Å². The van der Waals surface area contributed by atoms with Crippen molar-refractivity contribution in [1.82, 2.24) is 0 Å². The van der Waals surface area contributed by atoms with E-state index in [1.165, 1.54) is 32.1 Å². The number of ether oxygens (including phenoxy) is 1. The first kappa shape index (κ1) is 10.8. The van der Waals surface area contributed by atoms with Gasteiger partial charge in [-0.25, -0.2) is 0 Å². The van der Waals surface area contributed by atoms with E-state index in [1.54, 1.807) is 6.92 Å². The fraction of sp³-hybridized carbons (Fsp3) is 0.900. The van der Waals surface area contributed by atoms with Gasteiger partial charge in [-0.2, -0.15) is 0 Å². The summed E-state index contributed by atoms with van der Waals surface area (Å²) in [6, 6.07) is 0. The van der Waals surface area contributed by atoms with Crippen LogP contribution in [0.1, 0.15) is 39.0 Å². The van der Waals surface area contributed by atoms with Crippen LogP contribution < -0.4 is 0 Å². The third-order valence-corrected chi connectivity index (χ3v) is 2.69. The molecule has 0 spiro atoms. The van der Waals surface area contributed by atoms with Crippen LogP contribution in [0.15, 0.2) is 0 Å². The molecule has 2 nitrogen and oxygen atoms in total. The lowest BCUT2D eigenvalue weighted by Gasteiger charge is -2.21. The zero-order valence-electron chi connectivity index (χ0n) is 8.09. The Hall–Kier alpha value is -0.240. The summed E-state index contributed by atoms with van der Waals surface area (Å²) in [5.74, 6) is 0.292. The van der Waals surface area contributed by atoms with Gasteiger partial charge < -0.3 is 4.74 Å². The fourth-order valence-electron chi connectivity index (χ4n) is 1.67. The van der Waals surface area contributed by atoms with Crippen molar-refractivity contribution in [1.29, 1.82) is 0 Å². The van der Waals surface area contributed by atoms with Gasteiger partial charge in [0.2, 0.25) is 0 Å². The summed E-state index contributed by atoms with van der Waals surface area (Å²) in [5.41, 5.74) is 0.